The average Bonchev–Trinajstić information content (AvgIpc) is 2.78. The number of rotatable bonds is 18. The normalized spacial score (nSPS) is 11.6. The highest BCUT2D eigenvalue weighted by Gasteiger charge is 2.00. The summed E-state index contributed by atoms with van der Waals surface area (Å²) in [4.78, 5) is 2.42. The van der Waals surface area contributed by atoms with Crippen LogP contribution in [0.15, 0.2) is 42.5 Å². The third kappa shape index (κ3) is 10.6. The summed E-state index contributed by atoms with van der Waals surface area (Å²) in [6.07, 6.45) is 21.2. The molecule has 0 unspecified atom stereocenters. The maximum absolute atomic E-state index is 2.42. The van der Waals surface area contributed by atoms with E-state index in [9.17, 15) is 0 Å². The van der Waals surface area contributed by atoms with Gasteiger partial charge in [-0.1, -0.05) is 126 Å². The number of unbranched alkanes of at least 4 members (excludes halogenated alkanes) is 13. The molecule has 0 radical (unpaired) electrons. The van der Waals surface area contributed by atoms with Gasteiger partial charge in [-0.2, -0.15) is 0 Å². The molecule has 2 aromatic carbocycles. The molecule has 30 heavy (non-hydrogen) atoms. The third-order valence-electron chi connectivity index (χ3n) is 6.66. The highest BCUT2D eigenvalue weighted by atomic mass is 15.1. The van der Waals surface area contributed by atoms with Crippen molar-refractivity contribution in [2.75, 3.05) is 20.1 Å². The first kappa shape index (κ1) is 24.9. The van der Waals surface area contributed by atoms with E-state index in [-0.39, 0.29) is 0 Å². The second kappa shape index (κ2) is 16.4. The summed E-state index contributed by atoms with van der Waals surface area (Å²) < 4.78 is 0. The minimum absolute atomic E-state index is 1.19. The van der Waals surface area contributed by atoms with Crippen LogP contribution in [0.3, 0.4) is 0 Å². The minimum Gasteiger partial charge on any atom is -0.307 e. The Morgan fingerprint density at radius 3 is 1.67 bits per heavy atom. The quantitative estimate of drug-likeness (QED) is 0.222. The lowest BCUT2D eigenvalue weighted by molar-refractivity contribution is 0.340. The molecule has 0 N–H and O–H groups in total. The van der Waals surface area contributed by atoms with Crippen LogP contribution in [0.2, 0.25) is 0 Å². The molecule has 0 spiro atoms. The van der Waals surface area contributed by atoms with Crippen LogP contribution in [-0.4, -0.2) is 25.0 Å². The van der Waals surface area contributed by atoms with Gasteiger partial charge in [0.05, 0.1) is 0 Å². The molecule has 0 aliphatic rings. The van der Waals surface area contributed by atoms with Gasteiger partial charge in [-0.05, 0) is 55.7 Å². The van der Waals surface area contributed by atoms with Crippen LogP contribution in [0, 0.1) is 0 Å². The topological polar surface area (TPSA) is 3.24 Å². The van der Waals surface area contributed by atoms with Gasteiger partial charge in [-0.15, -0.1) is 0 Å². The van der Waals surface area contributed by atoms with Crippen LogP contribution in [0.5, 0.6) is 0 Å². The largest absolute Gasteiger partial charge is 0.307 e. The average molecular weight is 410 g/mol. The lowest BCUT2D eigenvalue weighted by atomic mass is 9.99. The molecule has 0 aliphatic heterocycles. The highest BCUT2D eigenvalue weighted by molar-refractivity contribution is 5.85. The van der Waals surface area contributed by atoms with Crippen molar-refractivity contribution in [3.63, 3.8) is 0 Å². The Kier molecular flexibility index (Phi) is 13.6. The van der Waals surface area contributed by atoms with Gasteiger partial charge in [0.25, 0.3) is 0 Å². The van der Waals surface area contributed by atoms with Crippen LogP contribution in [0.4, 0.5) is 0 Å². The van der Waals surface area contributed by atoms with E-state index in [0.717, 1.165) is 0 Å². The zero-order chi connectivity index (χ0) is 21.3. The van der Waals surface area contributed by atoms with Crippen molar-refractivity contribution in [1.82, 2.24) is 4.90 Å². The first-order chi connectivity index (χ1) is 14.8. The van der Waals surface area contributed by atoms with Crippen molar-refractivity contribution in [3.8, 4) is 0 Å². The Bertz CT molecular complexity index is 657. The summed E-state index contributed by atoms with van der Waals surface area (Å²) in [7, 11) is 2.23. The summed E-state index contributed by atoms with van der Waals surface area (Å²) in [6, 6.07) is 15.6. The summed E-state index contributed by atoms with van der Waals surface area (Å²) in [5, 5.41) is 2.83. The Balaban J connectivity index is 1.35. The van der Waals surface area contributed by atoms with Gasteiger partial charge in [0.2, 0.25) is 0 Å². The maximum Gasteiger partial charge on any atom is -0.00219 e. The molecular formula is C29H47N. The minimum atomic E-state index is 1.19. The number of aryl methyl sites for hydroxylation is 1. The monoisotopic (exact) mass is 409 g/mol. The van der Waals surface area contributed by atoms with Crippen molar-refractivity contribution in [2.45, 2.75) is 103 Å². The molecule has 2 aromatic rings. The molecule has 0 saturated carbocycles. The Morgan fingerprint density at radius 2 is 1.07 bits per heavy atom. The summed E-state index contributed by atoms with van der Waals surface area (Å²) >= 11 is 0. The molecule has 0 amide bonds. The number of fused-ring (bicyclic) bond motifs is 1. The molecule has 0 saturated heterocycles. The Hall–Kier alpha value is -1.34. The standard InChI is InChI=1S/C29H47N/c1-3-30(2)26-19-15-13-11-9-7-5-4-6-8-10-12-14-16-21-27-23-20-24-28-22-17-18-25-29(27)28/h17-18,20,22-25H,3-16,19,21,26H2,1-2H3. The van der Waals surface area contributed by atoms with E-state index in [1.54, 1.807) is 0 Å². The van der Waals surface area contributed by atoms with Crippen LogP contribution >= 0.6 is 0 Å². The Labute approximate surface area is 187 Å². The van der Waals surface area contributed by atoms with Gasteiger partial charge in [-0.3, -0.25) is 0 Å². The molecule has 2 rings (SSSR count). The molecule has 0 fully saturated rings. The van der Waals surface area contributed by atoms with Crippen LogP contribution in [-0.2, 0) is 6.42 Å². The second-order valence-corrected chi connectivity index (χ2v) is 9.23. The zero-order valence-corrected chi connectivity index (χ0v) is 20.0. The molecular weight excluding hydrogens is 362 g/mol. The molecule has 168 valence electrons. The number of hydrogen-bond acceptors (Lipinski definition) is 1. The predicted octanol–water partition coefficient (Wildman–Crippen LogP) is 8.80. The molecule has 0 aromatic heterocycles. The smallest absolute Gasteiger partial charge is 0.00219 e. The van der Waals surface area contributed by atoms with Crippen molar-refractivity contribution < 1.29 is 0 Å². The summed E-state index contributed by atoms with van der Waals surface area (Å²) in [6.45, 7) is 4.71. The van der Waals surface area contributed by atoms with Gasteiger partial charge in [0.1, 0.15) is 0 Å². The lowest BCUT2D eigenvalue weighted by Crippen LogP contribution is -2.18. The zero-order valence-electron chi connectivity index (χ0n) is 20.0. The van der Waals surface area contributed by atoms with Crippen LogP contribution in [0.1, 0.15) is 102 Å². The fraction of sp³-hybridized carbons (Fsp3) is 0.655. The SMILES string of the molecule is CCN(C)CCCCCCCCCCCCCCCCc1cccc2ccccc12. The molecule has 1 heteroatoms. The number of benzene rings is 2. The summed E-state index contributed by atoms with van der Waals surface area (Å²) in [5.74, 6) is 0. The van der Waals surface area contributed by atoms with Crippen molar-refractivity contribution in [3.05, 3.63) is 48.0 Å². The first-order valence-corrected chi connectivity index (χ1v) is 13.0. The van der Waals surface area contributed by atoms with Crippen molar-refractivity contribution in [2.24, 2.45) is 0 Å². The highest BCUT2D eigenvalue weighted by Crippen LogP contribution is 2.21. The third-order valence-corrected chi connectivity index (χ3v) is 6.66. The van der Waals surface area contributed by atoms with Gasteiger partial charge >= 0.3 is 0 Å². The van der Waals surface area contributed by atoms with E-state index in [0.29, 0.717) is 0 Å². The summed E-state index contributed by atoms with van der Waals surface area (Å²) in [5.41, 5.74) is 1.53. The van der Waals surface area contributed by atoms with Gasteiger partial charge in [-0.25, -0.2) is 0 Å². The van der Waals surface area contributed by atoms with E-state index < -0.39 is 0 Å². The lowest BCUT2D eigenvalue weighted by Gasteiger charge is -2.12. The van der Waals surface area contributed by atoms with Crippen molar-refractivity contribution in [1.29, 1.82) is 0 Å². The second-order valence-electron chi connectivity index (χ2n) is 9.23. The molecule has 0 heterocycles. The fourth-order valence-corrected chi connectivity index (χ4v) is 4.49. The molecule has 0 aliphatic carbocycles. The van der Waals surface area contributed by atoms with Crippen LogP contribution < -0.4 is 0 Å². The van der Waals surface area contributed by atoms with E-state index in [2.05, 4.69) is 61.3 Å². The first-order valence-electron chi connectivity index (χ1n) is 13.0. The van der Waals surface area contributed by atoms with Gasteiger partial charge < -0.3 is 4.90 Å². The predicted molar refractivity (Wildman–Crippen MR) is 135 cm³/mol. The number of nitrogens with zero attached hydrogens (tertiary/aromatic N) is 1. The van der Waals surface area contributed by atoms with Crippen molar-refractivity contribution >= 4 is 10.8 Å². The van der Waals surface area contributed by atoms with E-state index in [4.69, 9.17) is 0 Å². The molecule has 1 nitrogen and oxygen atoms in total. The van der Waals surface area contributed by atoms with Gasteiger partial charge in [0, 0.05) is 0 Å². The van der Waals surface area contributed by atoms with E-state index in [1.165, 1.54) is 126 Å². The molecule has 0 atom stereocenters. The van der Waals surface area contributed by atoms with Gasteiger partial charge in [0.15, 0.2) is 0 Å². The van der Waals surface area contributed by atoms with E-state index >= 15 is 0 Å². The van der Waals surface area contributed by atoms with E-state index in [1.807, 2.05) is 0 Å². The number of hydrogen-bond donors (Lipinski definition) is 0. The Morgan fingerprint density at radius 1 is 0.567 bits per heavy atom. The fourth-order valence-electron chi connectivity index (χ4n) is 4.49. The molecule has 0 bridgehead atoms. The maximum atomic E-state index is 2.42. The van der Waals surface area contributed by atoms with Crippen LogP contribution in [0.25, 0.3) is 10.8 Å².